The molecule has 2 heterocycles. The highest BCUT2D eigenvalue weighted by atomic mass is 16.5. The standard InChI is InChI=1S/C17H29N3O/c1-4-12-21-16-9-7-11-19-17(16)20(14(2)3)13-15-8-5-6-10-18-15/h7,9,11,14-15,18H,4-6,8,10,12-13H2,1-3H3. The van der Waals surface area contributed by atoms with Crippen molar-refractivity contribution in [1.82, 2.24) is 10.3 Å². The highest BCUT2D eigenvalue weighted by Gasteiger charge is 2.22. The van der Waals surface area contributed by atoms with E-state index >= 15 is 0 Å². The minimum absolute atomic E-state index is 0.410. The first-order valence-corrected chi connectivity index (χ1v) is 8.30. The lowest BCUT2D eigenvalue weighted by Crippen LogP contribution is -2.46. The van der Waals surface area contributed by atoms with Gasteiger partial charge in [-0.05, 0) is 51.8 Å². The molecule has 1 unspecified atom stereocenters. The zero-order chi connectivity index (χ0) is 15.1. The number of pyridine rings is 1. The molecule has 21 heavy (non-hydrogen) atoms. The normalized spacial score (nSPS) is 18.8. The van der Waals surface area contributed by atoms with Gasteiger partial charge in [-0.2, -0.15) is 0 Å². The number of anilines is 1. The van der Waals surface area contributed by atoms with Crippen molar-refractivity contribution < 1.29 is 4.74 Å². The predicted octanol–water partition coefficient (Wildman–Crippen LogP) is 3.23. The molecule has 4 heteroatoms. The number of hydrogen-bond donors (Lipinski definition) is 1. The van der Waals surface area contributed by atoms with Crippen LogP contribution in [-0.4, -0.2) is 36.8 Å². The summed E-state index contributed by atoms with van der Waals surface area (Å²) in [4.78, 5) is 6.96. The summed E-state index contributed by atoms with van der Waals surface area (Å²) in [6.07, 6.45) is 6.75. The number of nitrogens with one attached hydrogen (secondary N) is 1. The highest BCUT2D eigenvalue weighted by Crippen LogP contribution is 2.28. The SMILES string of the molecule is CCCOc1cccnc1N(CC1CCCCN1)C(C)C. The Balaban J connectivity index is 2.13. The quantitative estimate of drug-likeness (QED) is 0.837. The van der Waals surface area contributed by atoms with Gasteiger partial charge in [0.15, 0.2) is 11.6 Å². The Bertz CT molecular complexity index is 416. The second-order valence-electron chi connectivity index (χ2n) is 6.07. The Morgan fingerprint density at radius 1 is 1.43 bits per heavy atom. The van der Waals surface area contributed by atoms with Crippen LogP contribution in [0.15, 0.2) is 18.3 Å². The third-order valence-electron chi connectivity index (χ3n) is 3.94. The lowest BCUT2D eigenvalue weighted by molar-refractivity contribution is 0.314. The van der Waals surface area contributed by atoms with Crippen LogP contribution in [0.25, 0.3) is 0 Å². The van der Waals surface area contributed by atoms with E-state index in [1.807, 2.05) is 18.3 Å². The van der Waals surface area contributed by atoms with E-state index in [1.165, 1.54) is 19.3 Å². The molecule has 0 saturated carbocycles. The molecule has 1 N–H and O–H groups in total. The number of piperidine rings is 1. The zero-order valence-electron chi connectivity index (χ0n) is 13.6. The van der Waals surface area contributed by atoms with Gasteiger partial charge >= 0.3 is 0 Å². The van der Waals surface area contributed by atoms with Crippen molar-refractivity contribution >= 4 is 5.82 Å². The fraction of sp³-hybridized carbons (Fsp3) is 0.706. The maximum Gasteiger partial charge on any atom is 0.171 e. The van der Waals surface area contributed by atoms with Crippen molar-refractivity contribution in [3.8, 4) is 5.75 Å². The minimum atomic E-state index is 0.410. The first-order chi connectivity index (χ1) is 10.2. The highest BCUT2D eigenvalue weighted by molar-refractivity contribution is 5.52. The second kappa shape index (κ2) is 8.23. The first kappa shape index (κ1) is 16.1. The number of rotatable bonds is 7. The Morgan fingerprint density at radius 2 is 2.29 bits per heavy atom. The molecular formula is C17H29N3O. The van der Waals surface area contributed by atoms with Crippen LogP contribution in [0.2, 0.25) is 0 Å². The van der Waals surface area contributed by atoms with Crippen LogP contribution in [0.5, 0.6) is 5.75 Å². The molecule has 0 aromatic carbocycles. The van der Waals surface area contributed by atoms with Gasteiger partial charge in [0.25, 0.3) is 0 Å². The van der Waals surface area contributed by atoms with Gasteiger partial charge in [-0.1, -0.05) is 13.3 Å². The molecule has 0 radical (unpaired) electrons. The maximum absolute atomic E-state index is 5.88. The third-order valence-corrected chi connectivity index (χ3v) is 3.94. The molecule has 1 atom stereocenters. The molecule has 118 valence electrons. The minimum Gasteiger partial charge on any atom is -0.490 e. The average Bonchev–Trinajstić information content (AvgIpc) is 2.52. The second-order valence-corrected chi connectivity index (χ2v) is 6.07. The molecule has 0 amide bonds. The van der Waals surface area contributed by atoms with E-state index in [-0.39, 0.29) is 0 Å². The van der Waals surface area contributed by atoms with Crippen molar-refractivity contribution in [2.45, 2.75) is 58.5 Å². The van der Waals surface area contributed by atoms with Crippen molar-refractivity contribution in [2.24, 2.45) is 0 Å². The van der Waals surface area contributed by atoms with Crippen molar-refractivity contribution in [3.05, 3.63) is 18.3 Å². The van der Waals surface area contributed by atoms with Crippen molar-refractivity contribution in [2.75, 3.05) is 24.6 Å². The van der Waals surface area contributed by atoms with Crippen molar-refractivity contribution in [1.29, 1.82) is 0 Å². The van der Waals surface area contributed by atoms with Gasteiger partial charge in [-0.25, -0.2) is 4.98 Å². The van der Waals surface area contributed by atoms with Crippen LogP contribution in [0.1, 0.15) is 46.5 Å². The number of aromatic nitrogens is 1. The van der Waals surface area contributed by atoms with Crippen LogP contribution >= 0.6 is 0 Å². The Kier molecular flexibility index (Phi) is 6.30. The van der Waals surface area contributed by atoms with Gasteiger partial charge in [-0.3, -0.25) is 0 Å². The van der Waals surface area contributed by atoms with E-state index in [2.05, 4.69) is 36.0 Å². The summed E-state index contributed by atoms with van der Waals surface area (Å²) in [5.41, 5.74) is 0. The molecule has 1 aliphatic rings. The smallest absolute Gasteiger partial charge is 0.171 e. The lowest BCUT2D eigenvalue weighted by Gasteiger charge is -2.34. The zero-order valence-corrected chi connectivity index (χ0v) is 13.6. The van der Waals surface area contributed by atoms with Gasteiger partial charge in [-0.15, -0.1) is 0 Å². The van der Waals surface area contributed by atoms with Gasteiger partial charge in [0.2, 0.25) is 0 Å². The largest absolute Gasteiger partial charge is 0.490 e. The van der Waals surface area contributed by atoms with Gasteiger partial charge in [0, 0.05) is 24.8 Å². The van der Waals surface area contributed by atoms with E-state index in [0.717, 1.165) is 37.7 Å². The summed E-state index contributed by atoms with van der Waals surface area (Å²) in [7, 11) is 0. The molecule has 0 spiro atoms. The topological polar surface area (TPSA) is 37.4 Å². The van der Waals surface area contributed by atoms with Crippen LogP contribution in [0.4, 0.5) is 5.82 Å². The molecule has 1 aromatic heterocycles. The van der Waals surface area contributed by atoms with Crippen LogP contribution in [0, 0.1) is 0 Å². The van der Waals surface area contributed by atoms with Crippen molar-refractivity contribution in [3.63, 3.8) is 0 Å². The number of hydrogen-bond acceptors (Lipinski definition) is 4. The molecule has 1 saturated heterocycles. The van der Waals surface area contributed by atoms with Gasteiger partial charge < -0.3 is 15.0 Å². The average molecular weight is 291 g/mol. The lowest BCUT2D eigenvalue weighted by atomic mass is 10.0. The molecule has 4 nitrogen and oxygen atoms in total. The molecule has 0 bridgehead atoms. The Labute approximate surface area is 128 Å². The van der Waals surface area contributed by atoms with E-state index in [0.29, 0.717) is 12.1 Å². The van der Waals surface area contributed by atoms with E-state index in [1.54, 1.807) is 0 Å². The summed E-state index contributed by atoms with van der Waals surface area (Å²) in [6.45, 7) is 9.45. The maximum atomic E-state index is 5.88. The molecule has 0 aliphatic carbocycles. The summed E-state index contributed by atoms with van der Waals surface area (Å²) in [5, 5.41) is 3.63. The van der Waals surface area contributed by atoms with Crippen LogP contribution < -0.4 is 15.0 Å². The molecule has 1 fully saturated rings. The summed E-state index contributed by atoms with van der Waals surface area (Å²) in [6, 6.07) is 4.95. The molecule has 1 aliphatic heterocycles. The van der Waals surface area contributed by atoms with E-state index in [9.17, 15) is 0 Å². The van der Waals surface area contributed by atoms with Gasteiger partial charge in [0.1, 0.15) is 0 Å². The fourth-order valence-corrected chi connectivity index (χ4v) is 2.78. The molecule has 2 rings (SSSR count). The molecule has 1 aromatic rings. The summed E-state index contributed by atoms with van der Waals surface area (Å²) >= 11 is 0. The predicted molar refractivity (Wildman–Crippen MR) is 88.1 cm³/mol. The van der Waals surface area contributed by atoms with Crippen LogP contribution in [-0.2, 0) is 0 Å². The fourth-order valence-electron chi connectivity index (χ4n) is 2.78. The number of ether oxygens (including phenoxy) is 1. The number of nitrogens with zero attached hydrogens (tertiary/aromatic N) is 2. The molecular weight excluding hydrogens is 262 g/mol. The third kappa shape index (κ3) is 4.60. The van der Waals surface area contributed by atoms with E-state index in [4.69, 9.17) is 4.74 Å². The first-order valence-electron chi connectivity index (χ1n) is 8.30. The Hall–Kier alpha value is -1.29. The van der Waals surface area contributed by atoms with Gasteiger partial charge in [0.05, 0.1) is 6.61 Å². The Morgan fingerprint density at radius 3 is 2.95 bits per heavy atom. The van der Waals surface area contributed by atoms with E-state index < -0.39 is 0 Å². The summed E-state index contributed by atoms with van der Waals surface area (Å²) < 4.78 is 5.88. The monoisotopic (exact) mass is 291 g/mol. The summed E-state index contributed by atoms with van der Waals surface area (Å²) in [5.74, 6) is 1.89. The van der Waals surface area contributed by atoms with Crippen LogP contribution in [0.3, 0.4) is 0 Å².